The monoisotopic (exact) mass is 345 g/mol. The lowest BCUT2D eigenvalue weighted by Crippen LogP contribution is -2.49. The van der Waals surface area contributed by atoms with E-state index in [0.717, 1.165) is 32.7 Å². The molecular formula is C16H28ClN3OS. The molecule has 1 saturated heterocycles. The van der Waals surface area contributed by atoms with Gasteiger partial charge in [-0.1, -0.05) is 20.8 Å². The van der Waals surface area contributed by atoms with Crippen molar-refractivity contribution >= 4 is 29.7 Å². The lowest BCUT2D eigenvalue weighted by Gasteiger charge is -2.29. The number of carbonyl (C=O) groups excluding carboxylic acids is 1. The summed E-state index contributed by atoms with van der Waals surface area (Å²) in [6.45, 7) is 11.5. The van der Waals surface area contributed by atoms with E-state index in [0.29, 0.717) is 6.54 Å². The van der Waals surface area contributed by atoms with E-state index in [9.17, 15) is 4.79 Å². The molecule has 4 nitrogen and oxygen atoms in total. The summed E-state index contributed by atoms with van der Waals surface area (Å²) < 4.78 is 0. The minimum atomic E-state index is 0. The predicted molar refractivity (Wildman–Crippen MR) is 96.1 cm³/mol. The van der Waals surface area contributed by atoms with E-state index in [1.54, 1.807) is 0 Å². The SMILES string of the molecule is CN(CC(=O)N1CCNCC1)Cc1ccc(C(C)(C)C)s1.Cl. The smallest absolute Gasteiger partial charge is 0.236 e. The molecular weight excluding hydrogens is 318 g/mol. The molecule has 22 heavy (non-hydrogen) atoms. The van der Waals surface area contributed by atoms with E-state index in [-0.39, 0.29) is 23.7 Å². The first-order chi connectivity index (χ1) is 9.86. The van der Waals surface area contributed by atoms with Crippen LogP contribution in [0.25, 0.3) is 0 Å². The van der Waals surface area contributed by atoms with Crippen molar-refractivity contribution in [2.45, 2.75) is 32.7 Å². The fraction of sp³-hybridized carbons (Fsp3) is 0.688. The van der Waals surface area contributed by atoms with Gasteiger partial charge in [0.1, 0.15) is 0 Å². The van der Waals surface area contributed by atoms with E-state index in [4.69, 9.17) is 0 Å². The largest absolute Gasteiger partial charge is 0.339 e. The molecule has 1 aliphatic heterocycles. The van der Waals surface area contributed by atoms with E-state index < -0.39 is 0 Å². The zero-order valence-corrected chi connectivity index (χ0v) is 15.6. The van der Waals surface area contributed by atoms with Crippen molar-refractivity contribution < 1.29 is 4.79 Å². The average Bonchev–Trinajstić information content (AvgIpc) is 2.88. The summed E-state index contributed by atoms with van der Waals surface area (Å²) in [5.41, 5.74) is 0.206. The van der Waals surface area contributed by atoms with Gasteiger partial charge >= 0.3 is 0 Å². The standard InChI is InChI=1S/C16H27N3OS.ClH/c1-16(2,3)14-6-5-13(21-14)11-18(4)12-15(20)19-9-7-17-8-10-19;/h5-6,17H,7-12H2,1-4H3;1H. The normalized spacial score (nSPS) is 15.8. The Hall–Kier alpha value is -0.620. The molecule has 2 rings (SSSR count). The molecule has 0 aliphatic carbocycles. The second-order valence-electron chi connectivity index (χ2n) is 6.82. The fourth-order valence-electron chi connectivity index (χ4n) is 2.43. The molecule has 0 spiro atoms. The molecule has 126 valence electrons. The molecule has 0 unspecified atom stereocenters. The molecule has 2 heterocycles. The van der Waals surface area contributed by atoms with Crippen molar-refractivity contribution in [2.24, 2.45) is 0 Å². The van der Waals surface area contributed by atoms with E-state index in [2.05, 4.69) is 43.1 Å². The Labute approximate surface area is 144 Å². The Morgan fingerprint density at radius 3 is 2.50 bits per heavy atom. The van der Waals surface area contributed by atoms with Crippen LogP contribution in [-0.2, 0) is 16.8 Å². The Morgan fingerprint density at radius 2 is 1.95 bits per heavy atom. The molecule has 0 radical (unpaired) electrons. The molecule has 0 bridgehead atoms. The number of nitrogens with zero attached hydrogens (tertiary/aromatic N) is 2. The zero-order valence-electron chi connectivity index (χ0n) is 14.0. The Kier molecular flexibility index (Phi) is 7.32. The van der Waals surface area contributed by atoms with Crippen molar-refractivity contribution in [3.63, 3.8) is 0 Å². The minimum absolute atomic E-state index is 0. The summed E-state index contributed by atoms with van der Waals surface area (Å²) in [5, 5.41) is 3.27. The van der Waals surface area contributed by atoms with Crippen LogP contribution in [-0.4, -0.2) is 55.5 Å². The Bertz CT molecular complexity index is 478. The van der Waals surface area contributed by atoms with Gasteiger partial charge < -0.3 is 10.2 Å². The van der Waals surface area contributed by atoms with Crippen molar-refractivity contribution in [2.75, 3.05) is 39.8 Å². The van der Waals surface area contributed by atoms with Crippen LogP contribution in [0.5, 0.6) is 0 Å². The molecule has 1 N–H and O–H groups in total. The topological polar surface area (TPSA) is 35.6 Å². The number of piperazine rings is 1. The lowest BCUT2D eigenvalue weighted by atomic mass is 9.95. The number of rotatable bonds is 4. The number of thiophene rings is 1. The molecule has 0 saturated carbocycles. The van der Waals surface area contributed by atoms with E-state index in [1.807, 2.05) is 23.3 Å². The van der Waals surface area contributed by atoms with E-state index in [1.165, 1.54) is 9.75 Å². The summed E-state index contributed by atoms with van der Waals surface area (Å²) >= 11 is 1.85. The number of carbonyl (C=O) groups is 1. The van der Waals surface area contributed by atoms with Crippen molar-refractivity contribution in [1.29, 1.82) is 0 Å². The third-order valence-electron chi connectivity index (χ3n) is 3.70. The number of hydrogen-bond acceptors (Lipinski definition) is 4. The van der Waals surface area contributed by atoms with Crippen LogP contribution in [0.3, 0.4) is 0 Å². The predicted octanol–water partition coefficient (Wildman–Crippen LogP) is 2.33. The van der Waals surface area contributed by atoms with E-state index >= 15 is 0 Å². The second-order valence-corrected chi connectivity index (χ2v) is 7.99. The number of likely N-dealkylation sites (N-methyl/N-ethyl adjacent to an activating group) is 1. The Morgan fingerprint density at radius 1 is 1.32 bits per heavy atom. The summed E-state index contributed by atoms with van der Waals surface area (Å²) in [5.74, 6) is 0.242. The summed E-state index contributed by atoms with van der Waals surface area (Å²) in [7, 11) is 2.02. The molecule has 1 aromatic rings. The molecule has 1 amide bonds. The maximum Gasteiger partial charge on any atom is 0.236 e. The van der Waals surface area contributed by atoms with Gasteiger partial charge in [0.25, 0.3) is 0 Å². The van der Waals surface area contributed by atoms with Crippen LogP contribution < -0.4 is 5.32 Å². The van der Waals surface area contributed by atoms with Crippen LogP contribution in [0.15, 0.2) is 12.1 Å². The highest BCUT2D eigenvalue weighted by atomic mass is 35.5. The van der Waals surface area contributed by atoms with Crippen LogP contribution in [0.4, 0.5) is 0 Å². The quantitative estimate of drug-likeness (QED) is 0.909. The molecule has 1 fully saturated rings. The van der Waals surface area contributed by atoms with Gasteiger partial charge in [0.15, 0.2) is 0 Å². The molecule has 0 atom stereocenters. The fourth-order valence-corrected chi connectivity index (χ4v) is 3.58. The third kappa shape index (κ3) is 5.54. The van der Waals surface area contributed by atoms with Crippen molar-refractivity contribution in [1.82, 2.24) is 15.1 Å². The molecule has 0 aromatic carbocycles. The van der Waals surface area contributed by atoms with Crippen LogP contribution in [0.1, 0.15) is 30.5 Å². The second kappa shape index (κ2) is 8.29. The maximum atomic E-state index is 12.2. The highest BCUT2D eigenvalue weighted by Gasteiger charge is 2.19. The third-order valence-corrected chi connectivity index (χ3v) is 5.20. The van der Waals surface area contributed by atoms with Gasteiger partial charge in [0.05, 0.1) is 6.54 Å². The molecule has 6 heteroatoms. The van der Waals surface area contributed by atoms with Gasteiger partial charge in [-0.3, -0.25) is 9.69 Å². The first kappa shape index (κ1) is 19.4. The summed E-state index contributed by atoms with van der Waals surface area (Å²) in [4.78, 5) is 19.0. The summed E-state index contributed by atoms with van der Waals surface area (Å²) in [6.07, 6.45) is 0. The number of halogens is 1. The zero-order chi connectivity index (χ0) is 15.5. The maximum absolute atomic E-state index is 12.2. The first-order valence-corrected chi connectivity index (χ1v) is 8.44. The number of amides is 1. The van der Waals surface area contributed by atoms with Crippen LogP contribution in [0.2, 0.25) is 0 Å². The first-order valence-electron chi connectivity index (χ1n) is 7.62. The van der Waals surface area contributed by atoms with Crippen molar-refractivity contribution in [3.05, 3.63) is 21.9 Å². The van der Waals surface area contributed by atoms with Gasteiger partial charge in [-0.05, 0) is 24.6 Å². The minimum Gasteiger partial charge on any atom is -0.339 e. The van der Waals surface area contributed by atoms with Crippen molar-refractivity contribution in [3.8, 4) is 0 Å². The number of hydrogen-bond donors (Lipinski definition) is 1. The van der Waals surface area contributed by atoms with Crippen LogP contribution in [0, 0.1) is 0 Å². The van der Waals surface area contributed by atoms with Gasteiger partial charge in [-0.15, -0.1) is 23.7 Å². The summed E-state index contributed by atoms with van der Waals surface area (Å²) in [6, 6.07) is 4.41. The highest BCUT2D eigenvalue weighted by Crippen LogP contribution is 2.29. The number of nitrogens with one attached hydrogen (secondary N) is 1. The lowest BCUT2D eigenvalue weighted by molar-refractivity contribution is -0.132. The molecule has 1 aromatic heterocycles. The average molecular weight is 346 g/mol. The highest BCUT2D eigenvalue weighted by molar-refractivity contribution is 7.12. The van der Waals surface area contributed by atoms with Crippen LogP contribution >= 0.6 is 23.7 Å². The Balaban J connectivity index is 0.00000242. The van der Waals surface area contributed by atoms with Gasteiger partial charge in [0, 0.05) is 42.5 Å². The van der Waals surface area contributed by atoms with Gasteiger partial charge in [0.2, 0.25) is 5.91 Å². The van der Waals surface area contributed by atoms with Gasteiger partial charge in [-0.25, -0.2) is 0 Å². The molecule has 1 aliphatic rings. The van der Waals surface area contributed by atoms with Gasteiger partial charge in [-0.2, -0.15) is 0 Å².